The van der Waals surface area contributed by atoms with E-state index in [4.69, 9.17) is 5.73 Å². The van der Waals surface area contributed by atoms with Crippen LogP contribution in [0.1, 0.15) is 12.5 Å². The largest absolute Gasteiger partial charge is 0.507 e. The summed E-state index contributed by atoms with van der Waals surface area (Å²) in [6.07, 6.45) is 0.854. The zero-order valence-corrected chi connectivity index (χ0v) is 8.19. The number of fused-ring (bicyclic) bond motifs is 1. The highest BCUT2D eigenvalue weighted by atomic mass is 32.1. The summed E-state index contributed by atoms with van der Waals surface area (Å²) in [6, 6.07) is 3.65. The van der Waals surface area contributed by atoms with E-state index in [2.05, 4.69) is 0 Å². The first-order chi connectivity index (χ1) is 6.24. The smallest absolute Gasteiger partial charge is 0.124 e. The lowest BCUT2D eigenvalue weighted by molar-refractivity contribution is 0.481. The molecule has 1 aromatic heterocycles. The van der Waals surface area contributed by atoms with E-state index in [0.29, 0.717) is 5.75 Å². The molecule has 0 unspecified atom stereocenters. The molecule has 2 nitrogen and oxygen atoms in total. The molecule has 3 heteroatoms. The molecule has 1 aromatic carbocycles. The maximum atomic E-state index is 9.65. The van der Waals surface area contributed by atoms with E-state index in [1.54, 1.807) is 17.4 Å². The summed E-state index contributed by atoms with van der Waals surface area (Å²) < 4.78 is 0.997. The Morgan fingerprint density at radius 3 is 3.00 bits per heavy atom. The summed E-state index contributed by atoms with van der Waals surface area (Å²) in [5.41, 5.74) is 7.77. The Bertz CT molecular complexity index is 447. The van der Waals surface area contributed by atoms with Gasteiger partial charge in [0.15, 0.2) is 0 Å². The number of aryl methyl sites for hydroxylation is 1. The molecule has 2 rings (SSSR count). The van der Waals surface area contributed by atoms with Crippen LogP contribution in [0.2, 0.25) is 0 Å². The minimum atomic E-state index is 0.335. The van der Waals surface area contributed by atoms with Crippen LogP contribution in [0, 0.1) is 0 Å². The molecule has 0 atom stereocenters. The second-order valence-corrected chi connectivity index (χ2v) is 3.90. The van der Waals surface area contributed by atoms with Gasteiger partial charge in [-0.15, -0.1) is 11.3 Å². The number of hydrogen-bond donors (Lipinski definition) is 2. The van der Waals surface area contributed by atoms with Crippen LogP contribution in [0.5, 0.6) is 5.75 Å². The monoisotopic (exact) mass is 193 g/mol. The second-order valence-electron chi connectivity index (χ2n) is 2.99. The molecular formula is C10H11NOS. The first kappa shape index (κ1) is 8.38. The summed E-state index contributed by atoms with van der Waals surface area (Å²) in [5.74, 6) is 0.335. The van der Waals surface area contributed by atoms with Crippen LogP contribution in [0.15, 0.2) is 17.5 Å². The maximum Gasteiger partial charge on any atom is 0.124 e. The third kappa shape index (κ3) is 1.16. The Balaban J connectivity index is 2.85. The van der Waals surface area contributed by atoms with E-state index in [0.717, 1.165) is 27.8 Å². The Hall–Kier alpha value is -1.22. The molecule has 1 heterocycles. The summed E-state index contributed by atoms with van der Waals surface area (Å²) in [5, 5.41) is 12.5. The summed E-state index contributed by atoms with van der Waals surface area (Å²) in [7, 11) is 0. The van der Waals surface area contributed by atoms with E-state index in [1.165, 1.54) is 0 Å². The molecular weight excluding hydrogens is 182 g/mol. The van der Waals surface area contributed by atoms with Crippen molar-refractivity contribution in [2.75, 3.05) is 5.73 Å². The third-order valence-electron chi connectivity index (χ3n) is 2.22. The van der Waals surface area contributed by atoms with Crippen LogP contribution in [-0.4, -0.2) is 5.11 Å². The van der Waals surface area contributed by atoms with Gasteiger partial charge >= 0.3 is 0 Å². The average molecular weight is 193 g/mol. The number of aromatic hydroxyl groups is 1. The van der Waals surface area contributed by atoms with Crippen LogP contribution in [-0.2, 0) is 6.42 Å². The van der Waals surface area contributed by atoms with Gasteiger partial charge < -0.3 is 10.8 Å². The minimum absolute atomic E-state index is 0.335. The van der Waals surface area contributed by atoms with Gasteiger partial charge in [0.05, 0.1) is 10.4 Å². The van der Waals surface area contributed by atoms with E-state index in [-0.39, 0.29) is 0 Å². The Kier molecular flexibility index (Phi) is 1.88. The van der Waals surface area contributed by atoms with Gasteiger partial charge in [-0.2, -0.15) is 0 Å². The number of phenols is 1. The first-order valence-corrected chi connectivity index (χ1v) is 5.09. The second kappa shape index (κ2) is 2.92. The predicted octanol–water partition coefficient (Wildman–Crippen LogP) is 2.75. The Morgan fingerprint density at radius 2 is 2.31 bits per heavy atom. The van der Waals surface area contributed by atoms with Crippen LogP contribution in [0.4, 0.5) is 5.69 Å². The van der Waals surface area contributed by atoms with Gasteiger partial charge in [0, 0.05) is 5.39 Å². The van der Waals surface area contributed by atoms with Crippen molar-refractivity contribution in [3.8, 4) is 5.75 Å². The highest BCUT2D eigenvalue weighted by molar-refractivity contribution is 7.17. The van der Waals surface area contributed by atoms with Crippen LogP contribution >= 0.6 is 11.3 Å². The number of nitrogen functional groups attached to an aromatic ring is 1. The maximum absolute atomic E-state index is 9.65. The van der Waals surface area contributed by atoms with Gasteiger partial charge in [0.2, 0.25) is 0 Å². The lowest BCUT2D eigenvalue weighted by Gasteiger charge is -2.05. The van der Waals surface area contributed by atoms with Crippen LogP contribution in [0.25, 0.3) is 10.1 Å². The molecule has 3 N–H and O–H groups in total. The van der Waals surface area contributed by atoms with Gasteiger partial charge in [-0.05, 0) is 29.5 Å². The van der Waals surface area contributed by atoms with Gasteiger partial charge in [0.25, 0.3) is 0 Å². The third-order valence-corrected chi connectivity index (χ3v) is 3.17. The minimum Gasteiger partial charge on any atom is -0.507 e. The van der Waals surface area contributed by atoms with Gasteiger partial charge in [0.1, 0.15) is 5.75 Å². The Morgan fingerprint density at radius 1 is 1.54 bits per heavy atom. The summed E-state index contributed by atoms with van der Waals surface area (Å²) in [4.78, 5) is 0. The standard InChI is InChI=1S/C10H11NOS/c1-2-6-5-8(12)7-3-4-13-10(7)9(6)11/h3-5,12H,2,11H2,1H3. The highest BCUT2D eigenvalue weighted by Gasteiger charge is 2.08. The van der Waals surface area contributed by atoms with Gasteiger partial charge in [-0.3, -0.25) is 0 Å². The molecule has 0 bridgehead atoms. The van der Waals surface area contributed by atoms with Gasteiger partial charge in [-0.25, -0.2) is 0 Å². The first-order valence-electron chi connectivity index (χ1n) is 4.21. The van der Waals surface area contributed by atoms with Crippen molar-refractivity contribution in [2.24, 2.45) is 0 Å². The van der Waals surface area contributed by atoms with Crippen molar-refractivity contribution >= 4 is 27.1 Å². The van der Waals surface area contributed by atoms with E-state index in [9.17, 15) is 5.11 Å². The molecule has 0 spiro atoms. The van der Waals surface area contributed by atoms with Crippen molar-refractivity contribution in [3.63, 3.8) is 0 Å². The topological polar surface area (TPSA) is 46.2 Å². The molecule has 0 aliphatic rings. The number of thiophene rings is 1. The molecule has 0 saturated heterocycles. The predicted molar refractivity (Wildman–Crippen MR) is 57.3 cm³/mol. The van der Waals surface area contributed by atoms with Crippen molar-refractivity contribution in [1.82, 2.24) is 0 Å². The zero-order chi connectivity index (χ0) is 9.42. The molecule has 13 heavy (non-hydrogen) atoms. The van der Waals surface area contributed by atoms with Crippen molar-refractivity contribution in [1.29, 1.82) is 0 Å². The van der Waals surface area contributed by atoms with E-state index >= 15 is 0 Å². The fraction of sp³-hybridized carbons (Fsp3) is 0.200. The van der Waals surface area contributed by atoms with E-state index in [1.807, 2.05) is 18.4 Å². The number of hydrogen-bond acceptors (Lipinski definition) is 3. The zero-order valence-electron chi connectivity index (χ0n) is 7.37. The number of phenolic OH excluding ortho intramolecular Hbond substituents is 1. The lowest BCUT2D eigenvalue weighted by atomic mass is 10.1. The van der Waals surface area contributed by atoms with Gasteiger partial charge in [-0.1, -0.05) is 6.92 Å². The number of anilines is 1. The molecule has 0 fully saturated rings. The normalized spacial score (nSPS) is 10.8. The Labute approximate surface area is 80.6 Å². The van der Waals surface area contributed by atoms with Crippen molar-refractivity contribution in [2.45, 2.75) is 13.3 Å². The highest BCUT2D eigenvalue weighted by Crippen LogP contribution is 2.36. The fourth-order valence-corrected chi connectivity index (χ4v) is 2.38. The number of rotatable bonds is 1. The molecule has 0 amide bonds. The molecule has 0 saturated carbocycles. The van der Waals surface area contributed by atoms with Crippen molar-refractivity contribution in [3.05, 3.63) is 23.1 Å². The van der Waals surface area contributed by atoms with Crippen molar-refractivity contribution < 1.29 is 5.11 Å². The molecule has 0 aliphatic carbocycles. The summed E-state index contributed by atoms with van der Waals surface area (Å²) >= 11 is 1.57. The number of nitrogens with two attached hydrogens (primary N) is 1. The molecule has 0 radical (unpaired) electrons. The average Bonchev–Trinajstić information content (AvgIpc) is 2.60. The lowest BCUT2D eigenvalue weighted by Crippen LogP contribution is -1.92. The fourth-order valence-electron chi connectivity index (χ4n) is 1.48. The molecule has 68 valence electrons. The molecule has 0 aliphatic heterocycles. The quantitative estimate of drug-likeness (QED) is 0.540. The summed E-state index contributed by atoms with van der Waals surface area (Å²) in [6.45, 7) is 2.03. The van der Waals surface area contributed by atoms with Crippen LogP contribution < -0.4 is 5.73 Å². The molecule has 2 aromatic rings. The van der Waals surface area contributed by atoms with Crippen LogP contribution in [0.3, 0.4) is 0 Å². The SMILES string of the molecule is CCc1cc(O)c2ccsc2c1N. The van der Waals surface area contributed by atoms with E-state index < -0.39 is 0 Å². The number of benzene rings is 1.